The van der Waals surface area contributed by atoms with E-state index < -0.39 is 5.41 Å². The summed E-state index contributed by atoms with van der Waals surface area (Å²) in [7, 11) is 0. The van der Waals surface area contributed by atoms with Crippen LogP contribution in [-0.2, 0) is 5.41 Å². The van der Waals surface area contributed by atoms with Crippen LogP contribution in [-0.4, -0.2) is 0 Å². The summed E-state index contributed by atoms with van der Waals surface area (Å²) in [5, 5.41) is 4.67. The average molecular weight is 852 g/mol. The molecule has 2 aliphatic rings. The van der Waals surface area contributed by atoms with Gasteiger partial charge in [0.15, 0.2) is 0 Å². The van der Waals surface area contributed by atoms with Crippen molar-refractivity contribution in [2.24, 2.45) is 0 Å². The molecule has 2 heteroatoms. The third-order valence-corrected chi connectivity index (χ3v) is 14.5. The SMILES string of the molecule is c1ccc2c(c1)-c1ccccc1C21c2ccccc2-c2cccc(-c3ccc(-c4ccc(N(c5ccc(-c6cccc7c6oc6ccccc67)cc5)c5cccc6ccccc56)cc4)cc3)c21. The fourth-order valence-corrected chi connectivity index (χ4v) is 11.6. The molecular weight excluding hydrogens is 811 g/mol. The lowest BCUT2D eigenvalue weighted by Gasteiger charge is -2.32. The van der Waals surface area contributed by atoms with Crippen LogP contribution in [0.4, 0.5) is 17.1 Å². The maximum atomic E-state index is 6.44. The van der Waals surface area contributed by atoms with Gasteiger partial charge < -0.3 is 9.32 Å². The van der Waals surface area contributed by atoms with E-state index in [9.17, 15) is 0 Å². The normalized spacial score (nSPS) is 12.9. The van der Waals surface area contributed by atoms with Crippen LogP contribution in [0.15, 0.2) is 253 Å². The van der Waals surface area contributed by atoms with Crippen molar-refractivity contribution in [1.82, 2.24) is 0 Å². The van der Waals surface area contributed by atoms with E-state index in [1.54, 1.807) is 0 Å². The Morgan fingerprint density at radius 2 is 0.731 bits per heavy atom. The van der Waals surface area contributed by atoms with Crippen LogP contribution in [0, 0.1) is 0 Å². The number of anilines is 3. The lowest BCUT2D eigenvalue weighted by Crippen LogP contribution is -2.26. The molecule has 0 amide bonds. The van der Waals surface area contributed by atoms with Gasteiger partial charge in [0, 0.05) is 33.1 Å². The van der Waals surface area contributed by atoms with Crippen molar-refractivity contribution in [2.45, 2.75) is 5.41 Å². The Hall–Kier alpha value is -8.72. The minimum atomic E-state index is -0.400. The molecule has 1 heterocycles. The summed E-state index contributed by atoms with van der Waals surface area (Å²) in [6.45, 7) is 0. The minimum Gasteiger partial charge on any atom is -0.455 e. The van der Waals surface area contributed by atoms with Crippen LogP contribution in [0.2, 0.25) is 0 Å². The predicted octanol–water partition coefficient (Wildman–Crippen LogP) is 17.6. The zero-order valence-corrected chi connectivity index (χ0v) is 36.5. The molecule has 0 saturated carbocycles. The van der Waals surface area contributed by atoms with Gasteiger partial charge in [0.05, 0.1) is 11.1 Å². The molecule has 1 spiro atoms. The minimum absolute atomic E-state index is 0.400. The van der Waals surface area contributed by atoms with E-state index in [-0.39, 0.29) is 0 Å². The number of hydrogen-bond donors (Lipinski definition) is 0. The lowest BCUT2D eigenvalue weighted by molar-refractivity contribution is 0.670. The van der Waals surface area contributed by atoms with Crippen LogP contribution in [0.1, 0.15) is 22.3 Å². The summed E-state index contributed by atoms with van der Waals surface area (Å²) >= 11 is 0. The summed E-state index contributed by atoms with van der Waals surface area (Å²) in [5.74, 6) is 0. The second-order valence-electron chi connectivity index (χ2n) is 17.9. The first-order valence-electron chi connectivity index (χ1n) is 23.2. The van der Waals surface area contributed by atoms with Crippen molar-refractivity contribution in [3.05, 3.63) is 271 Å². The molecule has 0 unspecified atom stereocenters. The number of furan rings is 1. The molecule has 0 radical (unpaired) electrons. The van der Waals surface area contributed by atoms with Crippen molar-refractivity contribution < 1.29 is 4.42 Å². The molecule has 312 valence electrons. The Bertz CT molecular complexity index is 3840. The van der Waals surface area contributed by atoms with Gasteiger partial charge in [-0.15, -0.1) is 0 Å². The number of nitrogens with zero attached hydrogens (tertiary/aromatic N) is 1. The fraction of sp³-hybridized carbons (Fsp3) is 0.0154. The first kappa shape index (κ1) is 37.6. The van der Waals surface area contributed by atoms with E-state index in [1.807, 2.05) is 12.1 Å². The summed E-state index contributed by atoms with van der Waals surface area (Å²) in [6.07, 6.45) is 0. The van der Waals surface area contributed by atoms with Crippen LogP contribution < -0.4 is 4.90 Å². The van der Waals surface area contributed by atoms with Crippen molar-refractivity contribution in [2.75, 3.05) is 4.90 Å². The molecule has 2 aliphatic carbocycles. The van der Waals surface area contributed by atoms with Crippen molar-refractivity contribution >= 4 is 49.8 Å². The van der Waals surface area contributed by atoms with Gasteiger partial charge in [-0.3, -0.25) is 0 Å². The molecule has 11 aromatic carbocycles. The van der Waals surface area contributed by atoms with Crippen LogP contribution >= 0.6 is 0 Å². The second kappa shape index (κ2) is 14.7. The van der Waals surface area contributed by atoms with E-state index >= 15 is 0 Å². The van der Waals surface area contributed by atoms with Crippen LogP contribution in [0.3, 0.4) is 0 Å². The summed E-state index contributed by atoms with van der Waals surface area (Å²) in [6, 6.07) is 91.1. The number of rotatable bonds is 6. The average Bonchev–Trinajstić information content (AvgIpc) is 4.04. The first-order valence-corrected chi connectivity index (χ1v) is 23.2. The van der Waals surface area contributed by atoms with Gasteiger partial charge in [0.25, 0.3) is 0 Å². The highest BCUT2D eigenvalue weighted by Crippen LogP contribution is 2.64. The molecule has 0 atom stereocenters. The highest BCUT2D eigenvalue weighted by atomic mass is 16.3. The second-order valence-corrected chi connectivity index (χ2v) is 17.9. The Morgan fingerprint density at radius 1 is 0.299 bits per heavy atom. The summed E-state index contributed by atoms with van der Waals surface area (Å²) in [4.78, 5) is 2.38. The maximum Gasteiger partial charge on any atom is 0.143 e. The molecule has 0 bridgehead atoms. The lowest BCUT2D eigenvalue weighted by atomic mass is 9.68. The zero-order valence-electron chi connectivity index (χ0n) is 36.5. The molecule has 2 nitrogen and oxygen atoms in total. The Labute approximate surface area is 389 Å². The van der Waals surface area contributed by atoms with E-state index in [0.29, 0.717) is 0 Å². The third-order valence-electron chi connectivity index (χ3n) is 14.5. The highest BCUT2D eigenvalue weighted by molar-refractivity contribution is 6.10. The highest BCUT2D eigenvalue weighted by Gasteiger charge is 2.52. The number of fused-ring (bicyclic) bond motifs is 14. The van der Waals surface area contributed by atoms with Gasteiger partial charge in [-0.1, -0.05) is 212 Å². The van der Waals surface area contributed by atoms with Crippen LogP contribution in [0.25, 0.3) is 88.3 Å². The number of para-hydroxylation sites is 2. The fourth-order valence-electron chi connectivity index (χ4n) is 11.6. The van der Waals surface area contributed by atoms with E-state index in [1.165, 1.54) is 77.5 Å². The topological polar surface area (TPSA) is 16.4 Å². The molecule has 0 saturated heterocycles. The van der Waals surface area contributed by atoms with Crippen LogP contribution in [0.5, 0.6) is 0 Å². The van der Waals surface area contributed by atoms with Gasteiger partial charge in [-0.25, -0.2) is 0 Å². The molecule has 0 N–H and O–H groups in total. The number of benzene rings is 11. The van der Waals surface area contributed by atoms with Crippen molar-refractivity contribution in [1.29, 1.82) is 0 Å². The molecule has 1 aromatic heterocycles. The molecule has 14 rings (SSSR count). The largest absolute Gasteiger partial charge is 0.455 e. The van der Waals surface area contributed by atoms with Gasteiger partial charge in [-0.2, -0.15) is 0 Å². The monoisotopic (exact) mass is 851 g/mol. The third kappa shape index (κ3) is 5.51. The molecule has 0 fully saturated rings. The number of hydrogen-bond acceptors (Lipinski definition) is 2. The summed E-state index contributed by atoms with van der Waals surface area (Å²) in [5.41, 5.74) is 22.5. The Morgan fingerprint density at radius 3 is 1.42 bits per heavy atom. The standard InChI is InChI=1S/C65H41NO/c1-2-16-49-44(14-1)15-11-28-61(49)66(48-40-36-46(37-41-48)51-22-13-24-57-55-20-6-10-29-62(55)67-64(51)57)47-38-34-43(35-39-47)42-30-32-45(33-31-42)50-21-12-23-56-54-19-5-9-27-60(54)65(63(50)56)58-25-7-3-17-52(58)53-18-4-8-26-59(53)65/h1-41H. The predicted molar refractivity (Wildman–Crippen MR) is 279 cm³/mol. The molecule has 0 aliphatic heterocycles. The van der Waals surface area contributed by atoms with Gasteiger partial charge in [0.2, 0.25) is 0 Å². The molecule has 12 aromatic rings. The molecular formula is C65H41NO. The van der Waals surface area contributed by atoms with E-state index in [2.05, 4.69) is 241 Å². The first-order chi connectivity index (χ1) is 33.2. The van der Waals surface area contributed by atoms with E-state index in [4.69, 9.17) is 4.42 Å². The Kier molecular flexibility index (Phi) is 8.23. The smallest absolute Gasteiger partial charge is 0.143 e. The molecule has 67 heavy (non-hydrogen) atoms. The van der Waals surface area contributed by atoms with E-state index in [0.717, 1.165) is 50.1 Å². The van der Waals surface area contributed by atoms with Gasteiger partial charge >= 0.3 is 0 Å². The van der Waals surface area contributed by atoms with Gasteiger partial charge in [-0.05, 0) is 114 Å². The summed E-state index contributed by atoms with van der Waals surface area (Å²) < 4.78 is 6.44. The van der Waals surface area contributed by atoms with Gasteiger partial charge in [0.1, 0.15) is 11.2 Å². The Balaban J connectivity index is 0.841. The maximum absolute atomic E-state index is 6.44. The van der Waals surface area contributed by atoms with Crippen molar-refractivity contribution in [3.63, 3.8) is 0 Å². The quantitative estimate of drug-likeness (QED) is 0.166. The van der Waals surface area contributed by atoms with Crippen molar-refractivity contribution in [3.8, 4) is 55.6 Å². The zero-order chi connectivity index (χ0) is 44.1.